The Morgan fingerprint density at radius 1 is 0.933 bits per heavy atom. The van der Waals surface area contributed by atoms with E-state index in [0.717, 1.165) is 11.3 Å². The van der Waals surface area contributed by atoms with Crippen LogP contribution in [0, 0.1) is 0 Å². The third-order valence-electron chi connectivity index (χ3n) is 2.14. The molecule has 0 bridgehead atoms. The zero-order chi connectivity index (χ0) is 10.7. The van der Waals surface area contributed by atoms with Crippen molar-refractivity contribution in [1.29, 1.82) is 0 Å². The van der Waals surface area contributed by atoms with Gasteiger partial charge in [0.15, 0.2) is 5.82 Å². The van der Waals surface area contributed by atoms with E-state index in [4.69, 9.17) is 0 Å². The molecule has 76 valence electrons. The van der Waals surface area contributed by atoms with Gasteiger partial charge in [-0.15, -0.1) is 0 Å². The first-order chi connectivity index (χ1) is 7.27. The summed E-state index contributed by atoms with van der Waals surface area (Å²) in [6.07, 6.45) is 3.00. The van der Waals surface area contributed by atoms with Crippen molar-refractivity contribution in [3.63, 3.8) is 0 Å². The molecule has 0 saturated carbocycles. The minimum Gasteiger partial charge on any atom is -0.378 e. The predicted molar refractivity (Wildman–Crippen MR) is 59.6 cm³/mol. The topological polar surface area (TPSA) is 41.9 Å². The highest BCUT2D eigenvalue weighted by molar-refractivity contribution is 5.59. The molecule has 4 nitrogen and oxygen atoms in total. The first kappa shape index (κ1) is 9.58. The Hall–Kier alpha value is -1.97. The van der Waals surface area contributed by atoms with E-state index in [1.807, 2.05) is 38.4 Å². The molecule has 2 aromatic rings. The molecule has 15 heavy (non-hydrogen) atoms. The maximum Gasteiger partial charge on any atom is 0.162 e. The van der Waals surface area contributed by atoms with Gasteiger partial charge in [0.25, 0.3) is 0 Å². The summed E-state index contributed by atoms with van der Waals surface area (Å²) < 4.78 is 0. The van der Waals surface area contributed by atoms with Crippen molar-refractivity contribution >= 4 is 5.69 Å². The molecule has 1 aromatic carbocycles. The summed E-state index contributed by atoms with van der Waals surface area (Å²) in [6.45, 7) is 0. The molecule has 2 rings (SSSR count). The van der Waals surface area contributed by atoms with Crippen LogP contribution in [0.1, 0.15) is 0 Å². The van der Waals surface area contributed by atoms with Crippen LogP contribution in [-0.4, -0.2) is 29.0 Å². The van der Waals surface area contributed by atoms with Gasteiger partial charge in [-0.25, -0.2) is 15.0 Å². The van der Waals surface area contributed by atoms with Crippen LogP contribution in [0.4, 0.5) is 5.69 Å². The number of benzene rings is 1. The summed E-state index contributed by atoms with van der Waals surface area (Å²) in [7, 11) is 4.02. The van der Waals surface area contributed by atoms with Crippen LogP contribution in [0.3, 0.4) is 0 Å². The van der Waals surface area contributed by atoms with Gasteiger partial charge in [0.05, 0.1) is 0 Å². The molecule has 0 amide bonds. The van der Waals surface area contributed by atoms with Crippen molar-refractivity contribution in [2.75, 3.05) is 19.0 Å². The highest BCUT2D eigenvalue weighted by Gasteiger charge is 2.00. The van der Waals surface area contributed by atoms with Crippen LogP contribution >= 0.6 is 0 Å². The first-order valence-corrected chi connectivity index (χ1v) is 4.67. The molecule has 0 spiro atoms. The van der Waals surface area contributed by atoms with Gasteiger partial charge in [-0.3, -0.25) is 0 Å². The molecule has 0 fully saturated rings. The fraction of sp³-hybridized carbons (Fsp3) is 0.182. The van der Waals surface area contributed by atoms with E-state index in [2.05, 4.69) is 19.9 Å². The molecule has 0 atom stereocenters. The third kappa shape index (κ3) is 2.10. The van der Waals surface area contributed by atoms with Gasteiger partial charge in [-0.2, -0.15) is 0 Å². The average molecular weight is 200 g/mol. The van der Waals surface area contributed by atoms with Gasteiger partial charge in [0.1, 0.15) is 12.7 Å². The molecular formula is C11H12N4. The molecular weight excluding hydrogens is 188 g/mol. The van der Waals surface area contributed by atoms with Crippen LogP contribution in [0.2, 0.25) is 0 Å². The van der Waals surface area contributed by atoms with Gasteiger partial charge >= 0.3 is 0 Å². The Bertz CT molecular complexity index is 422. The largest absolute Gasteiger partial charge is 0.378 e. The van der Waals surface area contributed by atoms with Crippen LogP contribution in [-0.2, 0) is 0 Å². The Kier molecular flexibility index (Phi) is 2.58. The SMILES string of the molecule is CN(C)c1ccc(-c2ncncn2)cc1. The molecule has 0 saturated heterocycles. The molecule has 0 aliphatic rings. The lowest BCUT2D eigenvalue weighted by Crippen LogP contribution is -2.08. The second-order valence-electron chi connectivity index (χ2n) is 3.40. The zero-order valence-corrected chi connectivity index (χ0v) is 8.75. The molecule has 1 aromatic heterocycles. The van der Waals surface area contributed by atoms with Crippen molar-refractivity contribution < 1.29 is 0 Å². The minimum atomic E-state index is 0.704. The highest BCUT2D eigenvalue weighted by atomic mass is 15.1. The third-order valence-corrected chi connectivity index (χ3v) is 2.14. The maximum atomic E-state index is 4.09. The standard InChI is InChI=1S/C11H12N4/c1-15(2)10-5-3-9(4-6-10)11-13-7-12-8-14-11/h3-8H,1-2H3. The Morgan fingerprint density at radius 3 is 2.07 bits per heavy atom. The number of anilines is 1. The maximum absolute atomic E-state index is 4.09. The lowest BCUT2D eigenvalue weighted by atomic mass is 10.2. The number of hydrogen-bond acceptors (Lipinski definition) is 4. The Balaban J connectivity index is 2.32. The summed E-state index contributed by atoms with van der Waals surface area (Å²) in [5.74, 6) is 0.704. The van der Waals surface area contributed by atoms with E-state index in [9.17, 15) is 0 Å². The van der Waals surface area contributed by atoms with E-state index in [-0.39, 0.29) is 0 Å². The summed E-state index contributed by atoms with van der Waals surface area (Å²) in [5, 5.41) is 0. The second kappa shape index (κ2) is 4.04. The van der Waals surface area contributed by atoms with Crippen LogP contribution < -0.4 is 4.90 Å². The van der Waals surface area contributed by atoms with Gasteiger partial charge in [-0.05, 0) is 24.3 Å². The van der Waals surface area contributed by atoms with E-state index < -0.39 is 0 Å². The van der Waals surface area contributed by atoms with Crippen molar-refractivity contribution in [1.82, 2.24) is 15.0 Å². The summed E-state index contributed by atoms with van der Waals surface area (Å²) in [4.78, 5) is 14.0. The number of hydrogen-bond donors (Lipinski definition) is 0. The summed E-state index contributed by atoms with van der Waals surface area (Å²) in [6, 6.07) is 8.09. The molecule has 0 radical (unpaired) electrons. The number of aromatic nitrogens is 3. The summed E-state index contributed by atoms with van der Waals surface area (Å²) >= 11 is 0. The van der Waals surface area contributed by atoms with E-state index in [1.54, 1.807) is 0 Å². The predicted octanol–water partition coefficient (Wildman–Crippen LogP) is 1.60. The van der Waals surface area contributed by atoms with Crippen LogP contribution in [0.15, 0.2) is 36.9 Å². The minimum absolute atomic E-state index is 0.704. The molecule has 4 heteroatoms. The Morgan fingerprint density at radius 2 is 1.53 bits per heavy atom. The van der Waals surface area contributed by atoms with Crippen molar-refractivity contribution in [2.45, 2.75) is 0 Å². The fourth-order valence-electron chi connectivity index (χ4n) is 1.30. The van der Waals surface area contributed by atoms with Gasteiger partial charge in [0.2, 0.25) is 0 Å². The smallest absolute Gasteiger partial charge is 0.162 e. The highest BCUT2D eigenvalue weighted by Crippen LogP contribution is 2.18. The van der Waals surface area contributed by atoms with Crippen molar-refractivity contribution in [3.05, 3.63) is 36.9 Å². The monoisotopic (exact) mass is 200 g/mol. The van der Waals surface area contributed by atoms with Crippen LogP contribution in [0.5, 0.6) is 0 Å². The van der Waals surface area contributed by atoms with Gasteiger partial charge in [-0.1, -0.05) is 0 Å². The Labute approximate surface area is 88.6 Å². The fourth-order valence-corrected chi connectivity index (χ4v) is 1.30. The molecule has 1 heterocycles. The zero-order valence-electron chi connectivity index (χ0n) is 8.75. The average Bonchev–Trinajstić information content (AvgIpc) is 2.30. The lowest BCUT2D eigenvalue weighted by Gasteiger charge is -2.12. The van der Waals surface area contributed by atoms with E-state index in [0.29, 0.717) is 5.82 Å². The van der Waals surface area contributed by atoms with Gasteiger partial charge < -0.3 is 4.90 Å². The molecule has 0 aliphatic carbocycles. The van der Waals surface area contributed by atoms with E-state index >= 15 is 0 Å². The summed E-state index contributed by atoms with van der Waals surface area (Å²) in [5.41, 5.74) is 2.16. The van der Waals surface area contributed by atoms with Gasteiger partial charge in [0, 0.05) is 25.3 Å². The lowest BCUT2D eigenvalue weighted by molar-refractivity contribution is 1.05. The number of rotatable bonds is 2. The molecule has 0 unspecified atom stereocenters. The molecule has 0 N–H and O–H groups in total. The molecule has 0 aliphatic heterocycles. The quantitative estimate of drug-likeness (QED) is 0.738. The van der Waals surface area contributed by atoms with Crippen molar-refractivity contribution in [3.8, 4) is 11.4 Å². The normalized spacial score (nSPS) is 10.0. The van der Waals surface area contributed by atoms with Crippen LogP contribution in [0.25, 0.3) is 11.4 Å². The van der Waals surface area contributed by atoms with Crippen molar-refractivity contribution in [2.24, 2.45) is 0 Å². The first-order valence-electron chi connectivity index (χ1n) is 4.67. The second-order valence-corrected chi connectivity index (χ2v) is 3.40. The number of nitrogens with zero attached hydrogens (tertiary/aromatic N) is 4. The van der Waals surface area contributed by atoms with E-state index in [1.165, 1.54) is 12.7 Å².